The largest absolute Gasteiger partial charge is 0.325 e. The Labute approximate surface area is 175 Å². The van der Waals surface area contributed by atoms with Gasteiger partial charge < -0.3 is 10.6 Å². The first-order valence-electron chi connectivity index (χ1n) is 9.12. The predicted molar refractivity (Wildman–Crippen MR) is 117 cm³/mol. The molecule has 0 aliphatic carbocycles. The van der Waals surface area contributed by atoms with E-state index in [2.05, 4.69) is 15.4 Å². The quantitative estimate of drug-likeness (QED) is 0.557. The molecule has 7 nitrogen and oxygen atoms in total. The molecule has 0 radical (unpaired) electrons. The standard InChI is InChI=1S/C22H21N3O4S/c1-15-8-13-20(23-16(2)26)21(14-15)24-22(27)17-9-11-18(12-10-17)25-30(28,29)19-6-4-3-5-7-19/h3-14,25H,1-2H3,(H,23,26)(H,24,27). The van der Waals surface area contributed by atoms with Gasteiger partial charge in [-0.25, -0.2) is 8.42 Å². The molecule has 0 fully saturated rings. The maximum atomic E-state index is 12.6. The zero-order chi connectivity index (χ0) is 21.7. The number of amides is 2. The highest BCUT2D eigenvalue weighted by molar-refractivity contribution is 7.92. The molecule has 3 aromatic carbocycles. The molecule has 0 unspecified atom stereocenters. The molecule has 0 saturated heterocycles. The van der Waals surface area contributed by atoms with E-state index in [0.29, 0.717) is 22.6 Å². The van der Waals surface area contributed by atoms with Gasteiger partial charge in [0.1, 0.15) is 0 Å². The maximum Gasteiger partial charge on any atom is 0.261 e. The summed E-state index contributed by atoms with van der Waals surface area (Å²) in [7, 11) is -3.71. The molecule has 2 amide bonds. The van der Waals surface area contributed by atoms with Gasteiger partial charge in [0.05, 0.1) is 16.3 Å². The second-order valence-corrected chi connectivity index (χ2v) is 8.36. The molecule has 0 heterocycles. The lowest BCUT2D eigenvalue weighted by atomic mass is 10.1. The van der Waals surface area contributed by atoms with E-state index in [1.165, 1.54) is 43.3 Å². The minimum absolute atomic E-state index is 0.150. The van der Waals surface area contributed by atoms with Crippen LogP contribution in [0.3, 0.4) is 0 Å². The number of sulfonamides is 1. The molecule has 154 valence electrons. The highest BCUT2D eigenvalue weighted by Crippen LogP contribution is 2.24. The molecule has 0 saturated carbocycles. The van der Waals surface area contributed by atoms with E-state index in [1.54, 1.807) is 30.3 Å². The fourth-order valence-electron chi connectivity index (χ4n) is 2.76. The van der Waals surface area contributed by atoms with Crippen molar-refractivity contribution in [2.24, 2.45) is 0 Å². The third-order valence-electron chi connectivity index (χ3n) is 4.19. The van der Waals surface area contributed by atoms with Crippen LogP contribution in [-0.2, 0) is 14.8 Å². The fourth-order valence-corrected chi connectivity index (χ4v) is 3.84. The summed E-state index contributed by atoms with van der Waals surface area (Å²) in [6.45, 7) is 3.27. The van der Waals surface area contributed by atoms with Gasteiger partial charge in [-0.3, -0.25) is 14.3 Å². The van der Waals surface area contributed by atoms with Crippen molar-refractivity contribution < 1.29 is 18.0 Å². The van der Waals surface area contributed by atoms with Crippen molar-refractivity contribution in [3.63, 3.8) is 0 Å². The van der Waals surface area contributed by atoms with E-state index < -0.39 is 10.0 Å². The average molecular weight is 423 g/mol. The van der Waals surface area contributed by atoms with Crippen LogP contribution in [0.2, 0.25) is 0 Å². The van der Waals surface area contributed by atoms with Crippen LogP contribution in [0.4, 0.5) is 17.1 Å². The molecule has 0 spiro atoms. The predicted octanol–water partition coefficient (Wildman–Crippen LogP) is 4.01. The number of anilines is 3. The van der Waals surface area contributed by atoms with Crippen molar-refractivity contribution in [1.29, 1.82) is 0 Å². The molecule has 3 N–H and O–H groups in total. The number of carbonyl (C=O) groups excluding carboxylic acids is 2. The number of rotatable bonds is 6. The summed E-state index contributed by atoms with van der Waals surface area (Å²) in [5, 5.41) is 5.45. The fraction of sp³-hybridized carbons (Fsp3) is 0.0909. The van der Waals surface area contributed by atoms with Gasteiger partial charge >= 0.3 is 0 Å². The highest BCUT2D eigenvalue weighted by Gasteiger charge is 2.14. The van der Waals surface area contributed by atoms with E-state index >= 15 is 0 Å². The van der Waals surface area contributed by atoms with Crippen LogP contribution in [0, 0.1) is 6.92 Å². The molecule has 0 atom stereocenters. The molecule has 0 bridgehead atoms. The van der Waals surface area contributed by atoms with Gasteiger partial charge in [-0.2, -0.15) is 0 Å². The smallest absolute Gasteiger partial charge is 0.261 e. The Hall–Kier alpha value is -3.65. The number of benzene rings is 3. The van der Waals surface area contributed by atoms with Gasteiger partial charge in [-0.1, -0.05) is 24.3 Å². The molecule has 0 aliphatic rings. The summed E-state index contributed by atoms with van der Waals surface area (Å²) >= 11 is 0. The van der Waals surface area contributed by atoms with Crippen molar-refractivity contribution >= 4 is 38.9 Å². The van der Waals surface area contributed by atoms with Crippen LogP contribution >= 0.6 is 0 Å². The molecule has 0 aliphatic heterocycles. The average Bonchev–Trinajstić information content (AvgIpc) is 2.70. The second kappa shape index (κ2) is 8.79. The lowest BCUT2D eigenvalue weighted by Gasteiger charge is -2.13. The Morgan fingerprint density at radius 3 is 2.10 bits per heavy atom. The Bertz CT molecular complexity index is 1170. The van der Waals surface area contributed by atoms with E-state index in [1.807, 2.05) is 13.0 Å². The Kier molecular flexibility index (Phi) is 6.17. The van der Waals surface area contributed by atoms with Crippen molar-refractivity contribution in [2.75, 3.05) is 15.4 Å². The van der Waals surface area contributed by atoms with E-state index in [-0.39, 0.29) is 16.7 Å². The molecular formula is C22H21N3O4S. The topological polar surface area (TPSA) is 104 Å². The first-order chi connectivity index (χ1) is 14.2. The third-order valence-corrected chi connectivity index (χ3v) is 5.58. The molecular weight excluding hydrogens is 402 g/mol. The number of aryl methyl sites for hydroxylation is 1. The van der Waals surface area contributed by atoms with Gasteiger partial charge in [0.15, 0.2) is 0 Å². The Balaban J connectivity index is 1.75. The SMILES string of the molecule is CC(=O)Nc1ccc(C)cc1NC(=O)c1ccc(NS(=O)(=O)c2ccccc2)cc1. The first-order valence-corrected chi connectivity index (χ1v) is 10.6. The first kappa shape index (κ1) is 21.1. The highest BCUT2D eigenvalue weighted by atomic mass is 32.2. The second-order valence-electron chi connectivity index (χ2n) is 6.68. The molecule has 8 heteroatoms. The van der Waals surface area contributed by atoms with Gasteiger partial charge in [0, 0.05) is 18.2 Å². The summed E-state index contributed by atoms with van der Waals surface area (Å²) in [6.07, 6.45) is 0. The number of carbonyl (C=O) groups is 2. The van der Waals surface area contributed by atoms with Crippen molar-refractivity contribution in [3.8, 4) is 0 Å². The lowest BCUT2D eigenvalue weighted by molar-refractivity contribution is -0.114. The van der Waals surface area contributed by atoms with Crippen LogP contribution in [0.15, 0.2) is 77.7 Å². The number of nitrogens with one attached hydrogen (secondary N) is 3. The Morgan fingerprint density at radius 2 is 1.47 bits per heavy atom. The maximum absolute atomic E-state index is 12.6. The van der Waals surface area contributed by atoms with Crippen molar-refractivity contribution in [2.45, 2.75) is 18.7 Å². The molecule has 3 rings (SSSR count). The summed E-state index contributed by atoms with van der Waals surface area (Å²) in [5.41, 5.74) is 2.57. The summed E-state index contributed by atoms with van der Waals surface area (Å²) < 4.78 is 27.3. The summed E-state index contributed by atoms with van der Waals surface area (Å²) in [4.78, 5) is 24.1. The van der Waals surface area contributed by atoms with Gasteiger partial charge in [0.25, 0.3) is 15.9 Å². The zero-order valence-corrected chi connectivity index (χ0v) is 17.3. The normalized spacial score (nSPS) is 10.9. The van der Waals surface area contributed by atoms with Crippen LogP contribution in [0.5, 0.6) is 0 Å². The van der Waals surface area contributed by atoms with Crippen LogP contribution in [0.25, 0.3) is 0 Å². The van der Waals surface area contributed by atoms with Crippen LogP contribution < -0.4 is 15.4 Å². The molecule has 3 aromatic rings. The minimum Gasteiger partial charge on any atom is -0.325 e. The van der Waals surface area contributed by atoms with Crippen LogP contribution in [-0.4, -0.2) is 20.2 Å². The van der Waals surface area contributed by atoms with Gasteiger partial charge in [-0.15, -0.1) is 0 Å². The number of hydrogen-bond donors (Lipinski definition) is 3. The summed E-state index contributed by atoms with van der Waals surface area (Å²) in [5.74, 6) is -0.630. The lowest BCUT2D eigenvalue weighted by Crippen LogP contribution is -2.16. The Morgan fingerprint density at radius 1 is 0.800 bits per heavy atom. The minimum atomic E-state index is -3.71. The van der Waals surface area contributed by atoms with Crippen molar-refractivity contribution in [3.05, 3.63) is 83.9 Å². The zero-order valence-electron chi connectivity index (χ0n) is 16.5. The van der Waals surface area contributed by atoms with Gasteiger partial charge in [0.2, 0.25) is 5.91 Å². The van der Waals surface area contributed by atoms with E-state index in [0.717, 1.165) is 5.56 Å². The molecule has 30 heavy (non-hydrogen) atoms. The monoisotopic (exact) mass is 423 g/mol. The third kappa shape index (κ3) is 5.24. The van der Waals surface area contributed by atoms with Crippen molar-refractivity contribution in [1.82, 2.24) is 0 Å². The van der Waals surface area contributed by atoms with Crippen LogP contribution in [0.1, 0.15) is 22.8 Å². The van der Waals surface area contributed by atoms with E-state index in [4.69, 9.17) is 0 Å². The number of hydrogen-bond acceptors (Lipinski definition) is 4. The molecule has 0 aromatic heterocycles. The van der Waals surface area contributed by atoms with Gasteiger partial charge in [-0.05, 0) is 61.0 Å². The van der Waals surface area contributed by atoms with E-state index in [9.17, 15) is 18.0 Å². The summed E-state index contributed by atoms with van der Waals surface area (Å²) in [6, 6.07) is 19.4.